The van der Waals surface area contributed by atoms with Crippen molar-refractivity contribution in [3.8, 4) is 0 Å². The molecule has 0 aromatic heterocycles. The van der Waals surface area contributed by atoms with Gasteiger partial charge in [-0.2, -0.15) is 10.2 Å². The first kappa shape index (κ1) is 35.2. The number of carbonyl (C=O) groups is 4. The van der Waals surface area contributed by atoms with E-state index in [0.717, 1.165) is 77.0 Å². The van der Waals surface area contributed by atoms with E-state index in [1.165, 1.54) is 0 Å². The number of nitrogens with zero attached hydrogens (tertiary/aromatic N) is 2. The number of hydrazone groups is 2. The molecule has 1 heterocycles. The highest BCUT2D eigenvalue weighted by molar-refractivity contribution is 5.92. The van der Waals surface area contributed by atoms with Crippen LogP contribution < -0.4 is 10.9 Å². The largest absolute Gasteiger partial charge is 0.462 e. The van der Waals surface area contributed by atoms with Crippen LogP contribution in [0.3, 0.4) is 0 Å². The highest BCUT2D eigenvalue weighted by atomic mass is 16.6. The van der Waals surface area contributed by atoms with Gasteiger partial charge in [0.1, 0.15) is 13.2 Å². The van der Waals surface area contributed by atoms with Gasteiger partial charge in [-0.25, -0.2) is 10.9 Å². The third-order valence-electron chi connectivity index (χ3n) is 6.50. The smallest absolute Gasteiger partial charge is 0.305 e. The van der Waals surface area contributed by atoms with Crippen LogP contribution in [-0.4, -0.2) is 70.8 Å². The van der Waals surface area contributed by atoms with Crippen molar-refractivity contribution in [2.45, 2.75) is 129 Å². The van der Waals surface area contributed by atoms with Gasteiger partial charge in [0.05, 0.1) is 0 Å². The first-order valence-corrected chi connectivity index (χ1v) is 14.5. The molecule has 12 heteroatoms. The molecule has 1 aliphatic rings. The number of rotatable bonds is 0. The second kappa shape index (κ2) is 21.9. The number of hydrogen-bond donors (Lipinski definition) is 4. The van der Waals surface area contributed by atoms with Crippen molar-refractivity contribution in [2.24, 2.45) is 10.2 Å². The molecule has 2 atom stereocenters. The third-order valence-corrected chi connectivity index (χ3v) is 6.50. The molecule has 2 amide bonds. The second-order valence-electron chi connectivity index (χ2n) is 10.2. The van der Waals surface area contributed by atoms with E-state index in [1.807, 2.05) is 0 Å². The van der Waals surface area contributed by atoms with Crippen LogP contribution >= 0.6 is 0 Å². The fourth-order valence-corrected chi connectivity index (χ4v) is 4.00. The van der Waals surface area contributed by atoms with Gasteiger partial charge < -0.3 is 19.7 Å². The van der Waals surface area contributed by atoms with Crippen LogP contribution in [0.25, 0.3) is 0 Å². The zero-order valence-corrected chi connectivity index (χ0v) is 24.1. The minimum atomic E-state index is -1.99. The Kier molecular flexibility index (Phi) is 19.3. The lowest BCUT2D eigenvalue weighted by molar-refractivity contribution is -0.152. The minimum Gasteiger partial charge on any atom is -0.462 e. The van der Waals surface area contributed by atoms with Gasteiger partial charge in [-0.3, -0.25) is 19.2 Å². The Morgan fingerprint density at radius 1 is 0.550 bits per heavy atom. The minimum absolute atomic E-state index is 0.0812. The topological polar surface area (TPSA) is 176 Å². The predicted molar refractivity (Wildman–Crippen MR) is 150 cm³/mol. The summed E-state index contributed by atoms with van der Waals surface area (Å²) in [4.78, 5) is 47.8. The van der Waals surface area contributed by atoms with Crippen molar-refractivity contribution in [1.29, 1.82) is 0 Å². The van der Waals surface area contributed by atoms with E-state index in [2.05, 4.69) is 21.1 Å². The molecule has 40 heavy (non-hydrogen) atoms. The van der Waals surface area contributed by atoms with Crippen molar-refractivity contribution < 1.29 is 38.9 Å². The van der Waals surface area contributed by atoms with E-state index in [0.29, 0.717) is 37.1 Å². The Morgan fingerprint density at radius 2 is 0.850 bits per heavy atom. The summed E-state index contributed by atoms with van der Waals surface area (Å²) in [5.41, 5.74) is 5.68. The monoisotopic (exact) mass is 568 g/mol. The molecule has 0 saturated heterocycles. The molecule has 0 aliphatic carbocycles. The van der Waals surface area contributed by atoms with Gasteiger partial charge in [-0.05, 0) is 52.4 Å². The summed E-state index contributed by atoms with van der Waals surface area (Å²) < 4.78 is 10.3. The number of esters is 2. The van der Waals surface area contributed by atoms with E-state index < -0.39 is 24.0 Å². The average molecular weight is 569 g/mol. The Bertz CT molecular complexity index is 778. The van der Waals surface area contributed by atoms with Gasteiger partial charge >= 0.3 is 11.9 Å². The van der Waals surface area contributed by atoms with Crippen molar-refractivity contribution in [1.82, 2.24) is 10.9 Å². The zero-order chi connectivity index (χ0) is 29.6. The SMILES string of the molecule is CC1=NNC(=O)[C@H](O)[C@@H](O)C(=O)NN=C(C)CCCCCCCCC(=O)OCCOC(=O)CCCCCCCC1. The molecule has 1 aliphatic heterocycles. The van der Waals surface area contributed by atoms with Crippen molar-refractivity contribution in [2.75, 3.05) is 13.2 Å². The average Bonchev–Trinajstić information content (AvgIpc) is 2.94. The Hall–Kier alpha value is -2.86. The number of ether oxygens (including phenoxy) is 2. The highest BCUT2D eigenvalue weighted by Gasteiger charge is 2.30. The van der Waals surface area contributed by atoms with Gasteiger partial charge in [0.15, 0.2) is 12.2 Å². The normalized spacial score (nSPS) is 24.5. The fraction of sp³-hybridized carbons (Fsp3) is 0.786. The molecule has 0 bridgehead atoms. The Balaban J connectivity index is 2.54. The maximum absolute atomic E-state index is 12.1. The maximum Gasteiger partial charge on any atom is 0.305 e. The molecule has 0 spiro atoms. The van der Waals surface area contributed by atoms with Crippen LogP contribution in [0, 0.1) is 0 Å². The van der Waals surface area contributed by atoms with Crippen LogP contribution in [0.15, 0.2) is 10.2 Å². The number of nitrogens with one attached hydrogen (secondary N) is 2. The van der Waals surface area contributed by atoms with E-state index in [4.69, 9.17) is 9.47 Å². The van der Waals surface area contributed by atoms with Gasteiger partial charge in [0.2, 0.25) is 0 Å². The maximum atomic E-state index is 12.1. The zero-order valence-electron chi connectivity index (χ0n) is 24.1. The first-order valence-electron chi connectivity index (χ1n) is 14.5. The lowest BCUT2D eigenvalue weighted by Gasteiger charge is -2.15. The van der Waals surface area contributed by atoms with Crippen LogP contribution in [0.4, 0.5) is 0 Å². The van der Waals surface area contributed by atoms with Crippen molar-refractivity contribution in [3.63, 3.8) is 0 Å². The number of aliphatic hydroxyl groups is 2. The molecule has 1 rings (SSSR count). The Morgan fingerprint density at radius 3 is 1.20 bits per heavy atom. The predicted octanol–water partition coefficient (Wildman–Crippen LogP) is 3.03. The summed E-state index contributed by atoms with van der Waals surface area (Å²) >= 11 is 0. The number of amides is 2. The lowest BCUT2D eigenvalue weighted by Crippen LogP contribution is -2.47. The Labute approximate surface area is 237 Å². The molecule has 0 unspecified atom stereocenters. The van der Waals surface area contributed by atoms with E-state index >= 15 is 0 Å². The molecule has 0 fully saturated rings. The standard InChI is InChI=1S/C28H48N4O8/c1-21-15-11-7-3-5-9-13-17-23(33)39-19-20-40-24(34)18-14-10-6-4-8-12-16-22(2)30-32-28(38)26(36)25(35)27(37)31-29-21/h25-26,35-36H,3-20H2,1-2H3,(H,31,37)(H,32,38)/t25-,26-/m1/s1. The molecule has 0 saturated carbocycles. The van der Waals surface area contributed by atoms with Crippen LogP contribution in [0.2, 0.25) is 0 Å². The fourth-order valence-electron chi connectivity index (χ4n) is 4.00. The quantitative estimate of drug-likeness (QED) is 0.322. The van der Waals surface area contributed by atoms with E-state index in [1.54, 1.807) is 13.8 Å². The van der Waals surface area contributed by atoms with Gasteiger partial charge in [0.25, 0.3) is 11.8 Å². The molecule has 4 N–H and O–H groups in total. The molecule has 0 aromatic carbocycles. The van der Waals surface area contributed by atoms with Crippen LogP contribution in [-0.2, 0) is 28.7 Å². The molecule has 12 nitrogen and oxygen atoms in total. The molecule has 228 valence electrons. The summed E-state index contributed by atoms with van der Waals surface area (Å²) in [7, 11) is 0. The first-order chi connectivity index (χ1) is 19.2. The second-order valence-corrected chi connectivity index (χ2v) is 10.2. The highest BCUT2D eigenvalue weighted by Crippen LogP contribution is 2.11. The van der Waals surface area contributed by atoms with Crippen molar-refractivity contribution >= 4 is 35.2 Å². The summed E-state index contributed by atoms with van der Waals surface area (Å²) in [5, 5.41) is 27.9. The number of hydrogen-bond acceptors (Lipinski definition) is 10. The number of aliphatic hydroxyl groups excluding tert-OH is 2. The number of cyclic esters (lactones) is 2. The summed E-state index contributed by atoms with van der Waals surface area (Å²) in [6, 6.07) is 0. The van der Waals surface area contributed by atoms with Crippen LogP contribution in [0.1, 0.15) is 117 Å². The van der Waals surface area contributed by atoms with Crippen molar-refractivity contribution in [3.05, 3.63) is 0 Å². The molecule has 0 radical (unpaired) electrons. The molecular weight excluding hydrogens is 520 g/mol. The summed E-state index contributed by atoms with van der Waals surface area (Å²) in [5.74, 6) is -2.53. The number of carbonyl (C=O) groups excluding carboxylic acids is 4. The molecular formula is C28H48N4O8. The summed E-state index contributed by atoms with van der Waals surface area (Å²) in [6.45, 7) is 3.65. The van der Waals surface area contributed by atoms with Gasteiger partial charge in [-0.15, -0.1) is 0 Å². The lowest BCUT2D eigenvalue weighted by atomic mass is 10.1. The molecule has 0 aromatic rings. The van der Waals surface area contributed by atoms with Gasteiger partial charge in [0, 0.05) is 24.3 Å². The van der Waals surface area contributed by atoms with Crippen LogP contribution in [0.5, 0.6) is 0 Å². The summed E-state index contributed by atoms with van der Waals surface area (Å²) in [6.07, 6.45) is 8.87. The van der Waals surface area contributed by atoms with E-state index in [9.17, 15) is 29.4 Å². The third kappa shape index (κ3) is 17.7. The van der Waals surface area contributed by atoms with E-state index in [-0.39, 0.29) is 25.2 Å². The van der Waals surface area contributed by atoms with Gasteiger partial charge in [-0.1, -0.05) is 51.4 Å².